The monoisotopic (exact) mass is 366 g/mol. The van der Waals surface area contributed by atoms with Crippen molar-refractivity contribution in [2.24, 2.45) is 0 Å². The minimum absolute atomic E-state index is 0.0605. The van der Waals surface area contributed by atoms with Gasteiger partial charge in [0.25, 0.3) is 5.91 Å². The second-order valence-corrected chi connectivity index (χ2v) is 7.01. The molecule has 4 rings (SSSR count). The lowest BCUT2D eigenvalue weighted by molar-refractivity contribution is 0.0945. The molecule has 27 heavy (non-hydrogen) atoms. The fourth-order valence-electron chi connectivity index (χ4n) is 3.81. The summed E-state index contributed by atoms with van der Waals surface area (Å²) in [5, 5.41) is 2.98. The molecule has 2 aliphatic rings. The van der Waals surface area contributed by atoms with E-state index in [4.69, 9.17) is 9.47 Å². The molecule has 0 aromatic heterocycles. The summed E-state index contributed by atoms with van der Waals surface area (Å²) in [4.78, 5) is 14.9. The first kappa shape index (κ1) is 17.9. The lowest BCUT2D eigenvalue weighted by atomic mass is 10.1. The quantitative estimate of drug-likeness (QED) is 0.799. The maximum Gasteiger partial charge on any atom is 0.253 e. The van der Waals surface area contributed by atoms with Gasteiger partial charge in [0.2, 0.25) is 0 Å². The Labute approximate surface area is 160 Å². The number of morpholine rings is 1. The summed E-state index contributed by atoms with van der Waals surface area (Å²) >= 11 is 0. The Kier molecular flexibility index (Phi) is 5.58. The minimum Gasteiger partial charge on any atom is -0.492 e. The Morgan fingerprint density at radius 2 is 1.89 bits per heavy atom. The number of carbonyl (C=O) groups is 1. The van der Waals surface area contributed by atoms with Crippen LogP contribution in [0.5, 0.6) is 5.75 Å². The maximum absolute atomic E-state index is 12.6. The normalized spacial score (nSPS) is 16.1. The Balaban J connectivity index is 1.31. The van der Waals surface area contributed by atoms with Crippen LogP contribution < -0.4 is 15.0 Å². The summed E-state index contributed by atoms with van der Waals surface area (Å²) in [6, 6.07) is 14.1. The van der Waals surface area contributed by atoms with Gasteiger partial charge < -0.3 is 19.7 Å². The van der Waals surface area contributed by atoms with Gasteiger partial charge in [-0.05, 0) is 54.7 Å². The van der Waals surface area contributed by atoms with Gasteiger partial charge in [-0.25, -0.2) is 0 Å². The first-order valence-corrected chi connectivity index (χ1v) is 9.76. The summed E-state index contributed by atoms with van der Waals surface area (Å²) in [7, 11) is 0. The predicted octanol–water partition coefficient (Wildman–Crippen LogP) is 2.82. The lowest BCUT2D eigenvalue weighted by Gasteiger charge is -2.30. The average Bonchev–Trinajstić information content (AvgIpc) is 3.19. The number of anilines is 1. The second kappa shape index (κ2) is 8.44. The molecule has 2 aromatic carbocycles. The number of nitrogens with one attached hydrogen (secondary N) is 1. The number of nitrogens with zero attached hydrogens (tertiary/aromatic N) is 1. The van der Waals surface area contributed by atoms with Crippen molar-refractivity contribution < 1.29 is 14.3 Å². The number of fused-ring (bicyclic) bond motifs is 1. The van der Waals surface area contributed by atoms with Gasteiger partial charge in [-0.2, -0.15) is 0 Å². The molecule has 0 spiro atoms. The van der Waals surface area contributed by atoms with Crippen LogP contribution >= 0.6 is 0 Å². The highest BCUT2D eigenvalue weighted by Gasteiger charge is 2.18. The van der Waals surface area contributed by atoms with Crippen LogP contribution in [-0.2, 0) is 17.6 Å². The molecular weight excluding hydrogens is 340 g/mol. The zero-order valence-electron chi connectivity index (χ0n) is 15.6. The van der Waals surface area contributed by atoms with Gasteiger partial charge in [0.1, 0.15) is 12.4 Å². The fourth-order valence-corrected chi connectivity index (χ4v) is 3.81. The molecule has 0 bridgehead atoms. The second-order valence-electron chi connectivity index (χ2n) is 7.01. The predicted molar refractivity (Wildman–Crippen MR) is 106 cm³/mol. The topological polar surface area (TPSA) is 50.8 Å². The van der Waals surface area contributed by atoms with E-state index in [-0.39, 0.29) is 5.91 Å². The highest BCUT2D eigenvalue weighted by Crippen LogP contribution is 2.26. The van der Waals surface area contributed by atoms with Crippen molar-refractivity contribution >= 4 is 11.6 Å². The summed E-state index contributed by atoms with van der Waals surface area (Å²) in [6.45, 7) is 3.96. The number of para-hydroxylation sites is 1. The Hall–Kier alpha value is -2.53. The first-order chi connectivity index (χ1) is 13.3. The molecule has 1 saturated heterocycles. The van der Waals surface area contributed by atoms with Gasteiger partial charge in [0.05, 0.1) is 25.3 Å². The third-order valence-electron chi connectivity index (χ3n) is 5.23. The van der Waals surface area contributed by atoms with Gasteiger partial charge >= 0.3 is 0 Å². The van der Waals surface area contributed by atoms with Crippen molar-refractivity contribution in [2.45, 2.75) is 19.3 Å². The molecule has 1 heterocycles. The number of ether oxygens (including phenoxy) is 2. The van der Waals surface area contributed by atoms with Crippen LogP contribution in [0.25, 0.3) is 0 Å². The number of rotatable bonds is 6. The Bertz CT molecular complexity index is 800. The molecule has 1 aliphatic heterocycles. The minimum atomic E-state index is -0.0605. The molecule has 1 fully saturated rings. The smallest absolute Gasteiger partial charge is 0.253 e. The molecule has 1 N–H and O–H groups in total. The SMILES string of the molecule is O=C(NCCOc1ccc2c(c1)CCC2)c1ccccc1N1CCOCC1. The van der Waals surface area contributed by atoms with E-state index < -0.39 is 0 Å². The number of carbonyl (C=O) groups excluding carboxylic acids is 1. The van der Waals surface area contributed by atoms with Crippen molar-refractivity contribution in [3.63, 3.8) is 0 Å². The van der Waals surface area contributed by atoms with E-state index in [9.17, 15) is 4.79 Å². The molecular formula is C22H26N2O3. The Morgan fingerprint density at radius 3 is 2.78 bits per heavy atom. The van der Waals surface area contributed by atoms with E-state index in [2.05, 4.69) is 22.3 Å². The largest absolute Gasteiger partial charge is 0.492 e. The van der Waals surface area contributed by atoms with Crippen molar-refractivity contribution in [2.75, 3.05) is 44.4 Å². The Morgan fingerprint density at radius 1 is 1.07 bits per heavy atom. The fraction of sp³-hybridized carbons (Fsp3) is 0.409. The van der Waals surface area contributed by atoms with Gasteiger partial charge in [0.15, 0.2) is 0 Å². The van der Waals surface area contributed by atoms with Crippen LogP contribution in [0.15, 0.2) is 42.5 Å². The molecule has 142 valence electrons. The van der Waals surface area contributed by atoms with E-state index in [1.807, 2.05) is 30.3 Å². The van der Waals surface area contributed by atoms with Crippen molar-refractivity contribution in [3.05, 3.63) is 59.2 Å². The summed E-state index contributed by atoms with van der Waals surface area (Å²) < 4.78 is 11.2. The van der Waals surface area contributed by atoms with E-state index in [1.54, 1.807) is 0 Å². The van der Waals surface area contributed by atoms with Crippen LogP contribution in [0, 0.1) is 0 Å². The molecule has 5 nitrogen and oxygen atoms in total. The van der Waals surface area contributed by atoms with Crippen LogP contribution in [0.4, 0.5) is 5.69 Å². The summed E-state index contributed by atoms with van der Waals surface area (Å²) in [5.41, 5.74) is 4.51. The number of benzene rings is 2. The average molecular weight is 366 g/mol. The highest BCUT2D eigenvalue weighted by molar-refractivity contribution is 5.99. The lowest BCUT2D eigenvalue weighted by Crippen LogP contribution is -2.38. The third-order valence-corrected chi connectivity index (χ3v) is 5.23. The molecule has 1 aliphatic carbocycles. The van der Waals surface area contributed by atoms with Gasteiger partial charge in [-0.3, -0.25) is 4.79 Å². The number of aryl methyl sites for hydroxylation is 2. The maximum atomic E-state index is 12.6. The number of hydrogen-bond acceptors (Lipinski definition) is 4. The first-order valence-electron chi connectivity index (χ1n) is 9.76. The zero-order valence-corrected chi connectivity index (χ0v) is 15.6. The van der Waals surface area contributed by atoms with Gasteiger partial charge in [0, 0.05) is 18.8 Å². The molecule has 1 amide bonds. The molecule has 0 unspecified atom stereocenters. The van der Waals surface area contributed by atoms with Crippen molar-refractivity contribution in [3.8, 4) is 5.75 Å². The molecule has 5 heteroatoms. The van der Waals surface area contributed by atoms with E-state index in [0.717, 1.165) is 30.9 Å². The van der Waals surface area contributed by atoms with Crippen LogP contribution in [0.2, 0.25) is 0 Å². The van der Waals surface area contributed by atoms with E-state index >= 15 is 0 Å². The van der Waals surface area contributed by atoms with Crippen LogP contribution in [0.1, 0.15) is 27.9 Å². The standard InChI is InChI=1S/C22H26N2O3/c25-22(20-6-1-2-7-21(20)24-11-14-26-15-12-24)23-10-13-27-19-9-8-17-4-3-5-18(17)16-19/h1-2,6-9,16H,3-5,10-15H2,(H,23,25). The van der Waals surface area contributed by atoms with Crippen molar-refractivity contribution in [1.29, 1.82) is 0 Å². The van der Waals surface area contributed by atoms with Gasteiger partial charge in [-0.15, -0.1) is 0 Å². The molecule has 0 radical (unpaired) electrons. The highest BCUT2D eigenvalue weighted by atomic mass is 16.5. The van der Waals surface area contributed by atoms with E-state index in [0.29, 0.717) is 31.9 Å². The molecule has 2 aromatic rings. The van der Waals surface area contributed by atoms with Crippen LogP contribution in [0.3, 0.4) is 0 Å². The third kappa shape index (κ3) is 4.25. The molecule has 0 atom stereocenters. The van der Waals surface area contributed by atoms with Crippen molar-refractivity contribution in [1.82, 2.24) is 5.32 Å². The number of hydrogen-bond donors (Lipinski definition) is 1. The zero-order chi connectivity index (χ0) is 18.5. The van der Waals surface area contributed by atoms with Crippen LogP contribution in [-0.4, -0.2) is 45.4 Å². The van der Waals surface area contributed by atoms with E-state index in [1.165, 1.54) is 24.0 Å². The summed E-state index contributed by atoms with van der Waals surface area (Å²) in [6.07, 6.45) is 3.55. The number of amides is 1. The summed E-state index contributed by atoms with van der Waals surface area (Å²) in [5.74, 6) is 0.827. The molecule has 0 saturated carbocycles. The van der Waals surface area contributed by atoms with Gasteiger partial charge in [-0.1, -0.05) is 18.2 Å².